The Labute approximate surface area is 100 Å². The summed E-state index contributed by atoms with van der Waals surface area (Å²) < 4.78 is 13.2. The quantitative estimate of drug-likeness (QED) is 0.661. The molecule has 2 aromatic rings. The van der Waals surface area contributed by atoms with Crippen molar-refractivity contribution >= 4 is 34.4 Å². The lowest BCUT2D eigenvalue weighted by atomic mass is 10.1. The number of nitrogen functional groups attached to an aromatic ring is 1. The standard InChI is InChI=1S/C11H7ClFNOS/c12-7-4-5-16-11(7)10(15)6-2-1-3-8(13)9(6)14/h1-5H,14H2. The Morgan fingerprint density at radius 1 is 1.38 bits per heavy atom. The van der Waals surface area contributed by atoms with Crippen molar-refractivity contribution in [1.82, 2.24) is 0 Å². The molecule has 0 saturated heterocycles. The Morgan fingerprint density at radius 2 is 2.12 bits per heavy atom. The van der Waals surface area contributed by atoms with E-state index in [0.717, 1.165) is 0 Å². The third-order valence-electron chi connectivity index (χ3n) is 2.12. The van der Waals surface area contributed by atoms with Crippen LogP contribution in [-0.4, -0.2) is 5.78 Å². The molecule has 5 heteroatoms. The molecule has 0 aliphatic carbocycles. The lowest BCUT2D eigenvalue weighted by Gasteiger charge is -2.04. The third kappa shape index (κ3) is 1.81. The summed E-state index contributed by atoms with van der Waals surface area (Å²) in [6.07, 6.45) is 0. The average molecular weight is 256 g/mol. The molecule has 0 amide bonds. The number of benzene rings is 1. The molecule has 0 fully saturated rings. The first-order chi connectivity index (χ1) is 7.61. The Kier molecular flexibility index (Phi) is 2.94. The summed E-state index contributed by atoms with van der Waals surface area (Å²) in [7, 11) is 0. The van der Waals surface area contributed by atoms with Gasteiger partial charge in [-0.05, 0) is 23.6 Å². The first-order valence-electron chi connectivity index (χ1n) is 4.43. The first kappa shape index (κ1) is 11.1. The van der Waals surface area contributed by atoms with Crippen molar-refractivity contribution in [3.05, 3.63) is 50.9 Å². The molecule has 0 aliphatic heterocycles. The minimum absolute atomic E-state index is 0.142. The van der Waals surface area contributed by atoms with Crippen molar-refractivity contribution in [2.24, 2.45) is 0 Å². The molecule has 0 saturated carbocycles. The number of hydrogen-bond donors (Lipinski definition) is 1. The maximum atomic E-state index is 13.2. The SMILES string of the molecule is Nc1c(F)cccc1C(=O)c1sccc1Cl. The van der Waals surface area contributed by atoms with Crippen LogP contribution in [0.5, 0.6) is 0 Å². The van der Waals surface area contributed by atoms with E-state index in [1.165, 1.54) is 29.5 Å². The number of ketones is 1. The zero-order chi connectivity index (χ0) is 11.7. The van der Waals surface area contributed by atoms with Crippen LogP contribution < -0.4 is 5.73 Å². The summed E-state index contributed by atoms with van der Waals surface area (Å²) in [5, 5.41) is 2.06. The van der Waals surface area contributed by atoms with Gasteiger partial charge < -0.3 is 5.73 Å². The summed E-state index contributed by atoms with van der Waals surface area (Å²) in [6, 6.07) is 5.76. The van der Waals surface area contributed by atoms with Crippen LogP contribution in [-0.2, 0) is 0 Å². The van der Waals surface area contributed by atoms with Crippen LogP contribution in [0.2, 0.25) is 5.02 Å². The fraction of sp³-hybridized carbons (Fsp3) is 0. The number of carbonyl (C=O) groups excluding carboxylic acids is 1. The van der Waals surface area contributed by atoms with Gasteiger partial charge in [0, 0.05) is 5.56 Å². The van der Waals surface area contributed by atoms with Gasteiger partial charge >= 0.3 is 0 Å². The van der Waals surface area contributed by atoms with E-state index in [9.17, 15) is 9.18 Å². The van der Waals surface area contributed by atoms with Crippen LogP contribution >= 0.6 is 22.9 Å². The summed E-state index contributed by atoms with van der Waals surface area (Å²) in [5.41, 5.74) is 5.51. The van der Waals surface area contributed by atoms with Gasteiger partial charge in [0.15, 0.2) is 0 Å². The highest BCUT2D eigenvalue weighted by atomic mass is 35.5. The molecule has 2 N–H and O–H groups in total. The maximum absolute atomic E-state index is 13.2. The predicted octanol–water partition coefficient (Wildman–Crippen LogP) is 3.35. The zero-order valence-electron chi connectivity index (χ0n) is 8.04. The van der Waals surface area contributed by atoms with Crippen molar-refractivity contribution in [3.8, 4) is 0 Å². The highest BCUT2D eigenvalue weighted by Gasteiger charge is 2.18. The van der Waals surface area contributed by atoms with Crippen LogP contribution in [0.3, 0.4) is 0 Å². The topological polar surface area (TPSA) is 43.1 Å². The monoisotopic (exact) mass is 255 g/mol. The third-order valence-corrected chi connectivity index (χ3v) is 3.46. The van der Waals surface area contributed by atoms with Crippen molar-refractivity contribution in [2.45, 2.75) is 0 Å². The van der Waals surface area contributed by atoms with E-state index in [1.807, 2.05) is 0 Å². The zero-order valence-corrected chi connectivity index (χ0v) is 9.61. The fourth-order valence-corrected chi connectivity index (χ4v) is 2.41. The number of hydrogen-bond acceptors (Lipinski definition) is 3. The van der Waals surface area contributed by atoms with Crippen LogP contribution in [0.1, 0.15) is 15.2 Å². The highest BCUT2D eigenvalue weighted by Crippen LogP contribution is 2.27. The second-order valence-electron chi connectivity index (χ2n) is 3.13. The van der Waals surface area contributed by atoms with Crippen LogP contribution in [0.15, 0.2) is 29.6 Å². The van der Waals surface area contributed by atoms with Gasteiger partial charge in [-0.1, -0.05) is 17.7 Å². The molecule has 1 aromatic carbocycles. The summed E-state index contributed by atoms with van der Waals surface area (Å²) in [4.78, 5) is 12.4. The van der Waals surface area contributed by atoms with Crippen LogP contribution in [0.4, 0.5) is 10.1 Å². The lowest BCUT2D eigenvalue weighted by molar-refractivity contribution is 0.104. The molecular formula is C11H7ClFNOS. The summed E-state index contributed by atoms with van der Waals surface area (Å²) >= 11 is 7.04. The molecule has 16 heavy (non-hydrogen) atoms. The molecule has 1 heterocycles. The van der Waals surface area contributed by atoms with Gasteiger partial charge in [-0.15, -0.1) is 11.3 Å². The normalized spacial score (nSPS) is 10.4. The van der Waals surface area contributed by atoms with Crippen LogP contribution in [0.25, 0.3) is 0 Å². The largest absolute Gasteiger partial charge is 0.396 e. The van der Waals surface area contributed by atoms with Crippen molar-refractivity contribution in [2.75, 3.05) is 5.73 Å². The minimum Gasteiger partial charge on any atom is -0.396 e. The van der Waals surface area contributed by atoms with Gasteiger partial charge in [0.1, 0.15) is 5.82 Å². The van der Waals surface area contributed by atoms with Gasteiger partial charge in [0.25, 0.3) is 0 Å². The van der Waals surface area contributed by atoms with Gasteiger partial charge in [-0.2, -0.15) is 0 Å². The number of carbonyl (C=O) groups is 1. The Morgan fingerprint density at radius 3 is 2.75 bits per heavy atom. The van der Waals surface area contributed by atoms with E-state index in [-0.39, 0.29) is 17.0 Å². The number of para-hydroxylation sites is 1. The van der Waals surface area contributed by atoms with Crippen molar-refractivity contribution < 1.29 is 9.18 Å². The molecule has 0 radical (unpaired) electrons. The molecule has 2 nitrogen and oxygen atoms in total. The van der Waals surface area contributed by atoms with Gasteiger partial charge in [0.2, 0.25) is 5.78 Å². The molecule has 0 aliphatic rings. The minimum atomic E-state index is -0.599. The van der Waals surface area contributed by atoms with E-state index >= 15 is 0 Å². The summed E-state index contributed by atoms with van der Waals surface area (Å²) in [6.45, 7) is 0. The molecule has 0 unspecified atom stereocenters. The Bertz CT molecular complexity index is 553. The molecule has 1 aromatic heterocycles. The first-order valence-corrected chi connectivity index (χ1v) is 5.68. The van der Waals surface area contributed by atoms with E-state index in [4.69, 9.17) is 17.3 Å². The van der Waals surface area contributed by atoms with E-state index in [0.29, 0.717) is 9.90 Å². The maximum Gasteiger partial charge on any atom is 0.206 e. The Hall–Kier alpha value is -1.39. The van der Waals surface area contributed by atoms with Gasteiger partial charge in [-0.3, -0.25) is 4.79 Å². The number of halogens is 2. The fourth-order valence-electron chi connectivity index (χ4n) is 1.31. The molecule has 2 rings (SSSR count). The second-order valence-corrected chi connectivity index (χ2v) is 4.45. The predicted molar refractivity (Wildman–Crippen MR) is 63.6 cm³/mol. The van der Waals surface area contributed by atoms with Crippen molar-refractivity contribution in [3.63, 3.8) is 0 Å². The molecular weight excluding hydrogens is 249 g/mol. The molecule has 0 spiro atoms. The number of anilines is 1. The van der Waals surface area contributed by atoms with E-state index in [1.54, 1.807) is 11.4 Å². The highest BCUT2D eigenvalue weighted by molar-refractivity contribution is 7.13. The smallest absolute Gasteiger partial charge is 0.206 e. The van der Waals surface area contributed by atoms with Crippen LogP contribution in [0, 0.1) is 5.82 Å². The molecule has 0 bridgehead atoms. The van der Waals surface area contributed by atoms with Crippen molar-refractivity contribution in [1.29, 1.82) is 0 Å². The number of rotatable bonds is 2. The second kappa shape index (κ2) is 4.23. The number of thiophene rings is 1. The molecule has 82 valence electrons. The average Bonchev–Trinajstić information content (AvgIpc) is 2.68. The van der Waals surface area contributed by atoms with E-state index < -0.39 is 5.82 Å². The van der Waals surface area contributed by atoms with E-state index in [2.05, 4.69) is 0 Å². The molecule has 0 atom stereocenters. The Balaban J connectivity index is 2.50. The van der Waals surface area contributed by atoms with Gasteiger partial charge in [0.05, 0.1) is 15.6 Å². The summed E-state index contributed by atoms with van der Waals surface area (Å²) in [5.74, 6) is -0.949. The van der Waals surface area contributed by atoms with Gasteiger partial charge in [-0.25, -0.2) is 4.39 Å². The lowest BCUT2D eigenvalue weighted by Crippen LogP contribution is -2.05. The number of nitrogens with two attached hydrogens (primary N) is 1.